The zero-order valence-corrected chi connectivity index (χ0v) is 18.0. The molecule has 0 radical (unpaired) electrons. The Morgan fingerprint density at radius 1 is 1.25 bits per heavy atom. The zero-order valence-electron chi connectivity index (χ0n) is 18.0. The van der Waals surface area contributed by atoms with E-state index in [0.717, 1.165) is 17.5 Å². The van der Waals surface area contributed by atoms with Crippen LogP contribution < -0.4 is 10.1 Å². The predicted molar refractivity (Wildman–Crippen MR) is 112 cm³/mol. The molecule has 1 amide bonds. The van der Waals surface area contributed by atoms with E-state index >= 15 is 0 Å². The number of ether oxygens (including phenoxy) is 1. The van der Waals surface area contributed by atoms with Crippen molar-refractivity contribution in [1.29, 1.82) is 0 Å². The van der Waals surface area contributed by atoms with Gasteiger partial charge >= 0.3 is 0 Å². The fourth-order valence-corrected chi connectivity index (χ4v) is 2.96. The van der Waals surface area contributed by atoms with Gasteiger partial charge in [0, 0.05) is 31.0 Å². The number of amides is 1. The number of aryl methyl sites for hydroxylation is 1. The molecular formula is C22H33N3O3. The van der Waals surface area contributed by atoms with Crippen molar-refractivity contribution in [2.75, 3.05) is 13.7 Å². The molecule has 0 aliphatic heterocycles. The van der Waals surface area contributed by atoms with Crippen LogP contribution in [0.2, 0.25) is 0 Å². The Labute approximate surface area is 167 Å². The Morgan fingerprint density at radius 2 is 1.96 bits per heavy atom. The molecule has 0 saturated carbocycles. The minimum absolute atomic E-state index is 0.0101. The van der Waals surface area contributed by atoms with Crippen molar-refractivity contribution in [2.45, 2.75) is 60.4 Å². The number of benzene rings is 1. The first-order valence-electron chi connectivity index (χ1n) is 9.99. The molecule has 0 bridgehead atoms. The Kier molecular flexibility index (Phi) is 7.22. The standard InChI is InChI=1S/C22H33N3O3/c1-15(2)11-12-23-19(26)8-7-13-25-18-10-9-16(28-6)14-17(18)24-21(25)20(27)22(3,4)5/h9-10,14-15H,7-8,11-13H2,1-6H3,(H,23,26). The second-order valence-corrected chi connectivity index (χ2v) is 8.66. The summed E-state index contributed by atoms with van der Waals surface area (Å²) in [7, 11) is 1.61. The third-order valence-corrected chi connectivity index (χ3v) is 4.67. The Balaban J connectivity index is 2.17. The molecule has 2 aromatic rings. The number of ketones is 1. The maximum Gasteiger partial charge on any atom is 0.220 e. The molecule has 1 heterocycles. The monoisotopic (exact) mass is 387 g/mol. The van der Waals surface area contributed by atoms with Gasteiger partial charge in [-0.3, -0.25) is 9.59 Å². The first-order valence-corrected chi connectivity index (χ1v) is 9.99. The van der Waals surface area contributed by atoms with Crippen LogP contribution in [-0.4, -0.2) is 34.9 Å². The third-order valence-electron chi connectivity index (χ3n) is 4.67. The number of carbonyl (C=O) groups is 2. The Morgan fingerprint density at radius 3 is 2.57 bits per heavy atom. The van der Waals surface area contributed by atoms with Gasteiger partial charge in [-0.15, -0.1) is 0 Å². The first-order chi connectivity index (χ1) is 13.1. The summed E-state index contributed by atoms with van der Waals surface area (Å²) in [5.41, 5.74) is 1.08. The summed E-state index contributed by atoms with van der Waals surface area (Å²) < 4.78 is 7.21. The van der Waals surface area contributed by atoms with Crippen LogP contribution in [0.15, 0.2) is 18.2 Å². The number of carbonyl (C=O) groups excluding carboxylic acids is 2. The molecule has 0 spiro atoms. The molecule has 1 aromatic carbocycles. The van der Waals surface area contributed by atoms with Crippen LogP contribution in [0.25, 0.3) is 11.0 Å². The number of hydrogen-bond acceptors (Lipinski definition) is 4. The zero-order chi connectivity index (χ0) is 20.9. The van der Waals surface area contributed by atoms with Crippen molar-refractivity contribution in [3.63, 3.8) is 0 Å². The average Bonchev–Trinajstić information content (AvgIpc) is 2.97. The van der Waals surface area contributed by atoms with E-state index in [1.165, 1.54) is 0 Å². The van der Waals surface area contributed by atoms with Gasteiger partial charge in [0.05, 0.1) is 18.1 Å². The van der Waals surface area contributed by atoms with Gasteiger partial charge < -0.3 is 14.6 Å². The number of aromatic nitrogens is 2. The minimum atomic E-state index is -0.530. The van der Waals surface area contributed by atoms with E-state index in [9.17, 15) is 9.59 Å². The van der Waals surface area contributed by atoms with Gasteiger partial charge in [-0.2, -0.15) is 0 Å². The molecule has 1 N–H and O–H groups in total. The number of Topliss-reactive ketones (excluding diaryl/α,β-unsaturated/α-hetero) is 1. The fourth-order valence-electron chi connectivity index (χ4n) is 2.96. The maximum absolute atomic E-state index is 12.9. The van der Waals surface area contributed by atoms with Crippen molar-refractivity contribution >= 4 is 22.7 Å². The molecular weight excluding hydrogens is 354 g/mol. The quantitative estimate of drug-likeness (QED) is 0.654. The summed E-state index contributed by atoms with van der Waals surface area (Å²) in [6.07, 6.45) is 2.05. The number of hydrogen-bond donors (Lipinski definition) is 1. The summed E-state index contributed by atoms with van der Waals surface area (Å²) >= 11 is 0. The summed E-state index contributed by atoms with van der Waals surface area (Å²) in [6.45, 7) is 11.2. The summed E-state index contributed by atoms with van der Waals surface area (Å²) in [4.78, 5) is 29.6. The van der Waals surface area contributed by atoms with E-state index in [1.807, 2.05) is 43.5 Å². The average molecular weight is 388 g/mol. The molecule has 0 aliphatic rings. The normalized spacial score (nSPS) is 11.8. The number of fused-ring (bicyclic) bond motifs is 1. The van der Waals surface area contributed by atoms with E-state index in [0.29, 0.717) is 43.4 Å². The molecule has 6 heteroatoms. The molecule has 0 fully saturated rings. The second kappa shape index (κ2) is 9.22. The van der Waals surface area contributed by atoms with Crippen molar-refractivity contribution in [3.05, 3.63) is 24.0 Å². The van der Waals surface area contributed by atoms with E-state index in [-0.39, 0.29) is 11.7 Å². The highest BCUT2D eigenvalue weighted by molar-refractivity contribution is 5.99. The van der Waals surface area contributed by atoms with Crippen LogP contribution in [0.1, 0.15) is 64.5 Å². The molecule has 1 aromatic heterocycles. The molecule has 0 unspecified atom stereocenters. The second-order valence-electron chi connectivity index (χ2n) is 8.66. The lowest BCUT2D eigenvalue weighted by Crippen LogP contribution is -2.26. The highest BCUT2D eigenvalue weighted by atomic mass is 16.5. The smallest absolute Gasteiger partial charge is 0.220 e. The number of rotatable bonds is 9. The first kappa shape index (κ1) is 21.9. The molecule has 0 saturated heterocycles. The summed E-state index contributed by atoms with van der Waals surface area (Å²) in [6, 6.07) is 5.62. The third kappa shape index (κ3) is 5.57. The summed E-state index contributed by atoms with van der Waals surface area (Å²) in [5.74, 6) is 1.76. The van der Waals surface area contributed by atoms with E-state index < -0.39 is 5.41 Å². The SMILES string of the molecule is COc1ccc2c(c1)nc(C(=O)C(C)(C)C)n2CCCC(=O)NCCC(C)C. The van der Waals surface area contributed by atoms with Gasteiger partial charge in [0.25, 0.3) is 0 Å². The lowest BCUT2D eigenvalue weighted by molar-refractivity contribution is -0.121. The van der Waals surface area contributed by atoms with Gasteiger partial charge in [-0.1, -0.05) is 34.6 Å². The number of methoxy groups -OCH3 is 1. The minimum Gasteiger partial charge on any atom is -0.497 e. The van der Waals surface area contributed by atoms with Gasteiger partial charge in [-0.25, -0.2) is 4.98 Å². The van der Waals surface area contributed by atoms with Gasteiger partial charge in [0.15, 0.2) is 5.82 Å². The lowest BCUT2D eigenvalue weighted by atomic mass is 9.90. The Bertz CT molecular complexity index is 831. The molecule has 2 rings (SSSR count). The number of nitrogens with one attached hydrogen (secondary N) is 1. The van der Waals surface area contributed by atoms with Crippen LogP contribution in [-0.2, 0) is 11.3 Å². The van der Waals surface area contributed by atoms with E-state index in [1.54, 1.807) is 7.11 Å². The van der Waals surface area contributed by atoms with Crippen molar-refractivity contribution in [2.24, 2.45) is 11.3 Å². The predicted octanol–water partition coefficient (Wildman–Crippen LogP) is 4.22. The van der Waals surface area contributed by atoms with Crippen LogP contribution in [0.5, 0.6) is 5.75 Å². The maximum atomic E-state index is 12.9. The van der Waals surface area contributed by atoms with Gasteiger partial charge in [0.1, 0.15) is 5.75 Å². The molecule has 154 valence electrons. The highest BCUT2D eigenvalue weighted by Crippen LogP contribution is 2.27. The number of nitrogens with zero attached hydrogens (tertiary/aromatic N) is 2. The lowest BCUT2D eigenvalue weighted by Gasteiger charge is -2.17. The van der Waals surface area contributed by atoms with E-state index in [4.69, 9.17) is 4.74 Å². The van der Waals surface area contributed by atoms with Crippen LogP contribution in [0, 0.1) is 11.3 Å². The summed E-state index contributed by atoms with van der Waals surface area (Å²) in [5, 5.41) is 2.96. The molecule has 28 heavy (non-hydrogen) atoms. The van der Waals surface area contributed by atoms with Crippen LogP contribution >= 0.6 is 0 Å². The molecule has 6 nitrogen and oxygen atoms in total. The van der Waals surface area contributed by atoms with Crippen LogP contribution in [0.4, 0.5) is 0 Å². The fraction of sp³-hybridized carbons (Fsp3) is 0.591. The highest BCUT2D eigenvalue weighted by Gasteiger charge is 2.28. The Hall–Kier alpha value is -2.37. The van der Waals surface area contributed by atoms with Crippen LogP contribution in [0.3, 0.4) is 0 Å². The molecule has 0 atom stereocenters. The largest absolute Gasteiger partial charge is 0.497 e. The van der Waals surface area contributed by atoms with E-state index in [2.05, 4.69) is 24.1 Å². The number of imidazole rings is 1. The van der Waals surface area contributed by atoms with Gasteiger partial charge in [-0.05, 0) is 30.9 Å². The molecule has 0 aliphatic carbocycles. The van der Waals surface area contributed by atoms with Crippen molar-refractivity contribution in [3.8, 4) is 5.75 Å². The van der Waals surface area contributed by atoms with Crippen molar-refractivity contribution in [1.82, 2.24) is 14.9 Å². The van der Waals surface area contributed by atoms with Gasteiger partial charge in [0.2, 0.25) is 11.7 Å². The topological polar surface area (TPSA) is 73.2 Å². The van der Waals surface area contributed by atoms with Crippen molar-refractivity contribution < 1.29 is 14.3 Å².